The molecule has 2 aromatic heterocycles. The van der Waals surface area contributed by atoms with Crippen LogP contribution in [0, 0.1) is 18.8 Å². The van der Waals surface area contributed by atoms with Gasteiger partial charge in [-0.15, -0.1) is 0 Å². The minimum Gasteiger partial charge on any atom is -0.337 e. The first-order valence-electron chi connectivity index (χ1n) is 7.67. The number of aromatic amines is 1. The number of aryl methyl sites for hydroxylation is 1. The van der Waals surface area contributed by atoms with Crippen molar-refractivity contribution in [2.45, 2.75) is 25.8 Å². The van der Waals surface area contributed by atoms with Crippen LogP contribution in [0.1, 0.15) is 28.9 Å². The zero-order chi connectivity index (χ0) is 15.4. The van der Waals surface area contributed by atoms with E-state index in [0.717, 1.165) is 5.69 Å². The molecule has 4 rings (SSSR count). The molecule has 2 aliphatic rings. The molecule has 0 bridgehead atoms. The molecule has 1 amide bonds. The van der Waals surface area contributed by atoms with Crippen LogP contribution in [0.3, 0.4) is 0 Å². The van der Waals surface area contributed by atoms with E-state index in [4.69, 9.17) is 5.73 Å². The lowest BCUT2D eigenvalue weighted by Crippen LogP contribution is -2.36. The highest BCUT2D eigenvalue weighted by Gasteiger charge is 2.42. The Labute approximate surface area is 127 Å². The number of nitrogens with zero attached hydrogens (tertiary/aromatic N) is 3. The highest BCUT2D eigenvalue weighted by atomic mass is 16.2. The maximum atomic E-state index is 12.7. The van der Waals surface area contributed by atoms with Crippen LogP contribution in [0.15, 0.2) is 17.1 Å². The molecule has 0 spiro atoms. The topological polar surface area (TPSA) is 96.5 Å². The van der Waals surface area contributed by atoms with Gasteiger partial charge in [-0.2, -0.15) is 0 Å². The van der Waals surface area contributed by atoms with Crippen molar-refractivity contribution in [2.75, 3.05) is 13.1 Å². The number of hydrogen-bond donors (Lipinski definition) is 2. The monoisotopic (exact) mass is 301 g/mol. The van der Waals surface area contributed by atoms with E-state index in [0.29, 0.717) is 30.6 Å². The van der Waals surface area contributed by atoms with Crippen molar-refractivity contribution in [1.82, 2.24) is 19.5 Å². The van der Waals surface area contributed by atoms with Crippen LogP contribution in [0.4, 0.5) is 0 Å². The summed E-state index contributed by atoms with van der Waals surface area (Å²) >= 11 is 0. The summed E-state index contributed by atoms with van der Waals surface area (Å²) in [6.45, 7) is 3.01. The second kappa shape index (κ2) is 4.67. The van der Waals surface area contributed by atoms with Gasteiger partial charge in [-0.25, -0.2) is 9.50 Å². The van der Waals surface area contributed by atoms with Gasteiger partial charge in [0.05, 0.1) is 0 Å². The SMILES string of the molecule is Cc1cc2ncc(C(=O)N3C[C@H](C4CC4)[C@@H](N)C3)c(=O)n2[nH]1. The molecule has 7 heteroatoms. The zero-order valence-corrected chi connectivity index (χ0v) is 12.5. The minimum absolute atomic E-state index is 0.0172. The highest BCUT2D eigenvalue weighted by molar-refractivity contribution is 5.94. The molecule has 22 heavy (non-hydrogen) atoms. The Bertz CT molecular complexity index is 804. The molecule has 1 saturated carbocycles. The van der Waals surface area contributed by atoms with E-state index in [-0.39, 0.29) is 23.1 Å². The Morgan fingerprint density at radius 3 is 2.91 bits per heavy atom. The van der Waals surface area contributed by atoms with E-state index in [1.54, 1.807) is 11.0 Å². The number of fused-ring (bicyclic) bond motifs is 1. The molecule has 0 radical (unpaired) electrons. The predicted octanol–water partition coefficient (Wildman–Crippen LogP) is 0.140. The first-order valence-corrected chi connectivity index (χ1v) is 7.67. The summed E-state index contributed by atoms with van der Waals surface area (Å²) in [5, 5.41) is 2.90. The van der Waals surface area contributed by atoms with Gasteiger partial charge in [0.1, 0.15) is 5.56 Å². The number of amides is 1. The molecule has 0 unspecified atom stereocenters. The number of likely N-dealkylation sites (tertiary alicyclic amines) is 1. The fourth-order valence-corrected chi connectivity index (χ4v) is 3.44. The Morgan fingerprint density at radius 1 is 1.41 bits per heavy atom. The van der Waals surface area contributed by atoms with Crippen molar-refractivity contribution in [3.63, 3.8) is 0 Å². The first kappa shape index (κ1) is 13.5. The van der Waals surface area contributed by atoms with E-state index in [2.05, 4.69) is 10.1 Å². The lowest BCUT2D eigenvalue weighted by molar-refractivity contribution is 0.0782. The fraction of sp³-hybridized carbons (Fsp3) is 0.533. The second-order valence-electron chi connectivity index (χ2n) is 6.49. The summed E-state index contributed by atoms with van der Waals surface area (Å²) in [6.07, 6.45) is 3.79. The summed E-state index contributed by atoms with van der Waals surface area (Å²) < 4.78 is 1.32. The molecule has 3 N–H and O–H groups in total. The van der Waals surface area contributed by atoms with Gasteiger partial charge in [-0.3, -0.25) is 14.7 Å². The van der Waals surface area contributed by atoms with Crippen molar-refractivity contribution >= 4 is 11.6 Å². The number of rotatable bonds is 2. The maximum Gasteiger partial charge on any atom is 0.285 e. The third-order valence-electron chi connectivity index (χ3n) is 4.78. The Hall–Kier alpha value is -2.15. The summed E-state index contributed by atoms with van der Waals surface area (Å²) in [4.78, 5) is 31.0. The fourth-order valence-electron chi connectivity index (χ4n) is 3.44. The lowest BCUT2D eigenvalue weighted by atomic mass is 9.99. The van der Waals surface area contributed by atoms with Crippen LogP contribution in [0.25, 0.3) is 5.65 Å². The molecule has 1 aliphatic heterocycles. The van der Waals surface area contributed by atoms with Crippen molar-refractivity contribution in [3.05, 3.63) is 33.9 Å². The molecular weight excluding hydrogens is 282 g/mol. The van der Waals surface area contributed by atoms with Gasteiger partial charge in [0.15, 0.2) is 5.65 Å². The van der Waals surface area contributed by atoms with Gasteiger partial charge >= 0.3 is 0 Å². The van der Waals surface area contributed by atoms with Gasteiger partial charge in [0.2, 0.25) is 0 Å². The maximum absolute atomic E-state index is 12.7. The van der Waals surface area contributed by atoms with Crippen molar-refractivity contribution in [1.29, 1.82) is 0 Å². The molecule has 3 heterocycles. The van der Waals surface area contributed by atoms with E-state index in [1.165, 1.54) is 23.6 Å². The molecule has 2 fully saturated rings. The molecule has 2 aromatic rings. The van der Waals surface area contributed by atoms with Crippen LogP contribution in [0.5, 0.6) is 0 Å². The molecule has 1 aliphatic carbocycles. The largest absolute Gasteiger partial charge is 0.337 e. The number of carbonyl (C=O) groups is 1. The Balaban J connectivity index is 1.65. The van der Waals surface area contributed by atoms with Gasteiger partial charge < -0.3 is 10.6 Å². The second-order valence-corrected chi connectivity index (χ2v) is 6.49. The van der Waals surface area contributed by atoms with Gasteiger partial charge in [0, 0.05) is 37.1 Å². The van der Waals surface area contributed by atoms with Crippen molar-refractivity contribution in [3.8, 4) is 0 Å². The van der Waals surface area contributed by atoms with Gasteiger partial charge in [-0.1, -0.05) is 0 Å². The quantitative estimate of drug-likeness (QED) is 0.824. The lowest BCUT2D eigenvalue weighted by Gasteiger charge is -2.15. The Morgan fingerprint density at radius 2 is 2.18 bits per heavy atom. The van der Waals surface area contributed by atoms with Crippen LogP contribution in [0.2, 0.25) is 0 Å². The Kier molecular flexibility index (Phi) is 2.87. The molecule has 7 nitrogen and oxygen atoms in total. The van der Waals surface area contributed by atoms with E-state index >= 15 is 0 Å². The smallest absolute Gasteiger partial charge is 0.285 e. The van der Waals surface area contributed by atoms with E-state index in [9.17, 15) is 9.59 Å². The number of H-pyrrole nitrogens is 1. The average Bonchev–Trinajstić information content (AvgIpc) is 3.14. The summed E-state index contributed by atoms with van der Waals surface area (Å²) in [5.74, 6) is 0.759. The average molecular weight is 301 g/mol. The number of aromatic nitrogens is 3. The number of nitrogens with one attached hydrogen (secondary N) is 1. The normalized spacial score (nSPS) is 25.1. The van der Waals surface area contributed by atoms with Crippen LogP contribution in [-0.2, 0) is 0 Å². The van der Waals surface area contributed by atoms with Crippen molar-refractivity contribution in [2.24, 2.45) is 17.6 Å². The van der Waals surface area contributed by atoms with Gasteiger partial charge in [0.25, 0.3) is 11.5 Å². The van der Waals surface area contributed by atoms with E-state index < -0.39 is 0 Å². The first-order chi connectivity index (χ1) is 10.5. The number of nitrogens with two attached hydrogens (primary N) is 1. The number of hydrogen-bond acceptors (Lipinski definition) is 4. The van der Waals surface area contributed by atoms with Crippen LogP contribution in [-0.4, -0.2) is 44.5 Å². The molecule has 0 aromatic carbocycles. The third kappa shape index (κ3) is 2.04. The van der Waals surface area contributed by atoms with Gasteiger partial charge in [-0.05, 0) is 31.6 Å². The predicted molar refractivity (Wildman–Crippen MR) is 80.6 cm³/mol. The van der Waals surface area contributed by atoms with Crippen molar-refractivity contribution < 1.29 is 4.79 Å². The summed E-state index contributed by atoms with van der Waals surface area (Å²) in [6, 6.07) is 1.79. The van der Waals surface area contributed by atoms with E-state index in [1.807, 2.05) is 6.92 Å². The standard InChI is InChI=1S/C15H19N5O2/c1-8-4-13-17-5-10(15(22)20(13)18-8)14(21)19-6-11(9-2-3-9)12(16)7-19/h4-5,9,11-12,18H,2-3,6-7,16H2,1H3/t11-,12+/m1/s1. The van der Waals surface area contributed by atoms with Crippen LogP contribution >= 0.6 is 0 Å². The highest BCUT2D eigenvalue weighted by Crippen LogP contribution is 2.40. The zero-order valence-electron chi connectivity index (χ0n) is 12.5. The molecule has 1 saturated heterocycles. The third-order valence-corrected chi connectivity index (χ3v) is 4.78. The number of carbonyl (C=O) groups excluding carboxylic acids is 1. The molecular formula is C15H19N5O2. The molecule has 116 valence electrons. The van der Waals surface area contributed by atoms with Crippen LogP contribution < -0.4 is 11.3 Å². The summed E-state index contributed by atoms with van der Waals surface area (Å²) in [7, 11) is 0. The molecule has 2 atom stereocenters. The minimum atomic E-state index is -0.355. The summed E-state index contributed by atoms with van der Waals surface area (Å²) in [5.41, 5.74) is 7.25.